The van der Waals surface area contributed by atoms with Crippen LogP contribution in [0.15, 0.2) is 60.7 Å². The summed E-state index contributed by atoms with van der Waals surface area (Å²) in [4.78, 5) is 23.7. The summed E-state index contributed by atoms with van der Waals surface area (Å²) in [6, 6.07) is 17.1. The fourth-order valence-electron chi connectivity index (χ4n) is 2.58. The van der Waals surface area contributed by atoms with Crippen molar-refractivity contribution >= 4 is 17.9 Å². The van der Waals surface area contributed by atoms with E-state index in [9.17, 15) is 9.59 Å². The first-order valence-electron chi connectivity index (χ1n) is 8.49. The van der Waals surface area contributed by atoms with E-state index in [2.05, 4.69) is 17.6 Å². The zero-order chi connectivity index (χ0) is 18.1. The molecule has 0 fully saturated rings. The summed E-state index contributed by atoms with van der Waals surface area (Å²) in [5, 5.41) is 5.63. The van der Waals surface area contributed by atoms with Crippen molar-refractivity contribution in [3.8, 4) is 0 Å². The van der Waals surface area contributed by atoms with E-state index < -0.39 is 0 Å². The van der Waals surface area contributed by atoms with Gasteiger partial charge in [-0.15, -0.1) is 0 Å². The Kier molecular flexibility index (Phi) is 6.96. The summed E-state index contributed by atoms with van der Waals surface area (Å²) >= 11 is 0. The third-order valence-electron chi connectivity index (χ3n) is 3.92. The van der Waals surface area contributed by atoms with E-state index in [0.29, 0.717) is 5.56 Å². The largest absolute Gasteiger partial charge is 0.355 e. The van der Waals surface area contributed by atoms with Crippen LogP contribution in [0.3, 0.4) is 0 Å². The van der Waals surface area contributed by atoms with E-state index in [-0.39, 0.29) is 17.9 Å². The highest BCUT2D eigenvalue weighted by molar-refractivity contribution is 5.94. The predicted molar refractivity (Wildman–Crippen MR) is 101 cm³/mol. The number of amides is 2. The van der Waals surface area contributed by atoms with E-state index in [1.165, 1.54) is 6.08 Å². The molecule has 0 saturated carbocycles. The topological polar surface area (TPSA) is 58.2 Å². The first-order valence-corrected chi connectivity index (χ1v) is 8.49. The molecule has 4 nitrogen and oxygen atoms in total. The number of carbonyl (C=O) groups is 2. The van der Waals surface area contributed by atoms with Gasteiger partial charge < -0.3 is 10.6 Å². The summed E-state index contributed by atoms with van der Waals surface area (Å²) in [5.74, 6) is -0.253. The Morgan fingerprint density at radius 1 is 1.04 bits per heavy atom. The molecule has 2 aromatic carbocycles. The molecule has 1 unspecified atom stereocenters. The van der Waals surface area contributed by atoms with Gasteiger partial charge in [0.15, 0.2) is 0 Å². The normalized spacial score (nSPS) is 11.9. The Morgan fingerprint density at radius 2 is 1.72 bits per heavy atom. The SMILES string of the molecule is CCCC(NC(=O)/C=C/c1ccc(C(=O)NC)cc1)c1ccccc1. The summed E-state index contributed by atoms with van der Waals surface area (Å²) in [6.45, 7) is 2.10. The Balaban J connectivity index is 2.00. The van der Waals surface area contributed by atoms with Crippen molar-refractivity contribution in [2.75, 3.05) is 7.05 Å². The van der Waals surface area contributed by atoms with Crippen LogP contribution in [-0.2, 0) is 4.79 Å². The Hall–Kier alpha value is -2.88. The third-order valence-corrected chi connectivity index (χ3v) is 3.92. The van der Waals surface area contributed by atoms with Crippen LogP contribution in [0.25, 0.3) is 6.08 Å². The lowest BCUT2D eigenvalue weighted by molar-refractivity contribution is -0.117. The lowest BCUT2D eigenvalue weighted by Crippen LogP contribution is -2.26. The van der Waals surface area contributed by atoms with Crippen molar-refractivity contribution in [3.63, 3.8) is 0 Å². The van der Waals surface area contributed by atoms with Crippen LogP contribution in [0.4, 0.5) is 0 Å². The van der Waals surface area contributed by atoms with Crippen molar-refractivity contribution in [1.82, 2.24) is 10.6 Å². The van der Waals surface area contributed by atoms with E-state index in [0.717, 1.165) is 24.0 Å². The average molecular weight is 336 g/mol. The molecule has 0 aliphatic rings. The van der Waals surface area contributed by atoms with E-state index in [1.54, 1.807) is 25.3 Å². The highest BCUT2D eigenvalue weighted by atomic mass is 16.2. The van der Waals surface area contributed by atoms with E-state index in [1.807, 2.05) is 42.5 Å². The van der Waals surface area contributed by atoms with Crippen LogP contribution < -0.4 is 10.6 Å². The van der Waals surface area contributed by atoms with E-state index in [4.69, 9.17) is 0 Å². The molecular formula is C21H24N2O2. The second-order valence-electron chi connectivity index (χ2n) is 5.79. The fraction of sp³-hybridized carbons (Fsp3) is 0.238. The van der Waals surface area contributed by atoms with Gasteiger partial charge in [0.05, 0.1) is 6.04 Å². The van der Waals surface area contributed by atoms with Crippen LogP contribution in [0.5, 0.6) is 0 Å². The quantitative estimate of drug-likeness (QED) is 0.757. The van der Waals surface area contributed by atoms with Crippen LogP contribution in [0.2, 0.25) is 0 Å². The molecule has 0 aromatic heterocycles. The maximum atomic E-state index is 12.2. The van der Waals surface area contributed by atoms with E-state index >= 15 is 0 Å². The van der Waals surface area contributed by atoms with Gasteiger partial charge in [-0.2, -0.15) is 0 Å². The molecule has 4 heteroatoms. The standard InChI is InChI=1S/C21H24N2O2/c1-3-7-19(17-8-5-4-6-9-17)23-20(24)15-12-16-10-13-18(14-11-16)21(25)22-2/h4-6,8-15,19H,3,7H2,1-2H3,(H,22,25)(H,23,24)/b15-12+. The number of carbonyl (C=O) groups excluding carboxylic acids is 2. The summed E-state index contributed by atoms with van der Waals surface area (Å²) in [7, 11) is 1.60. The predicted octanol–water partition coefficient (Wildman–Crippen LogP) is 3.72. The number of hydrogen-bond donors (Lipinski definition) is 2. The second kappa shape index (κ2) is 9.42. The lowest BCUT2D eigenvalue weighted by Gasteiger charge is -2.17. The van der Waals surface area contributed by atoms with Gasteiger partial charge in [-0.05, 0) is 35.8 Å². The highest BCUT2D eigenvalue weighted by Crippen LogP contribution is 2.18. The molecule has 130 valence electrons. The van der Waals surface area contributed by atoms with Crippen LogP contribution in [0, 0.1) is 0 Å². The first kappa shape index (κ1) is 18.5. The average Bonchev–Trinajstić information content (AvgIpc) is 2.66. The molecule has 0 saturated heterocycles. The number of benzene rings is 2. The smallest absolute Gasteiger partial charge is 0.251 e. The molecule has 25 heavy (non-hydrogen) atoms. The zero-order valence-electron chi connectivity index (χ0n) is 14.7. The molecule has 0 spiro atoms. The van der Waals surface area contributed by atoms with Gasteiger partial charge in [0.25, 0.3) is 5.91 Å². The number of hydrogen-bond acceptors (Lipinski definition) is 2. The second-order valence-corrected chi connectivity index (χ2v) is 5.79. The highest BCUT2D eigenvalue weighted by Gasteiger charge is 2.11. The molecule has 0 aliphatic heterocycles. The summed E-state index contributed by atoms with van der Waals surface area (Å²) in [5.41, 5.74) is 2.58. The maximum Gasteiger partial charge on any atom is 0.251 e. The molecule has 2 amide bonds. The Labute approximate surface area is 149 Å². The number of rotatable bonds is 7. The van der Waals surface area contributed by atoms with Crippen LogP contribution in [0.1, 0.15) is 47.3 Å². The summed E-state index contributed by atoms with van der Waals surface area (Å²) < 4.78 is 0. The van der Waals surface area contributed by atoms with Crippen LogP contribution in [-0.4, -0.2) is 18.9 Å². The minimum Gasteiger partial charge on any atom is -0.355 e. The Morgan fingerprint density at radius 3 is 2.32 bits per heavy atom. The van der Waals surface area contributed by atoms with Crippen molar-refractivity contribution in [3.05, 3.63) is 77.4 Å². The van der Waals surface area contributed by atoms with Gasteiger partial charge in [-0.3, -0.25) is 9.59 Å². The lowest BCUT2D eigenvalue weighted by atomic mass is 10.0. The van der Waals surface area contributed by atoms with Gasteiger partial charge in [0.1, 0.15) is 0 Å². The van der Waals surface area contributed by atoms with Gasteiger partial charge in [0.2, 0.25) is 5.91 Å². The van der Waals surface area contributed by atoms with Crippen molar-refractivity contribution in [2.45, 2.75) is 25.8 Å². The number of nitrogens with one attached hydrogen (secondary N) is 2. The zero-order valence-corrected chi connectivity index (χ0v) is 14.7. The first-order chi connectivity index (χ1) is 12.1. The molecule has 2 rings (SSSR count). The maximum absolute atomic E-state index is 12.2. The van der Waals surface area contributed by atoms with Crippen molar-refractivity contribution < 1.29 is 9.59 Å². The molecule has 1 atom stereocenters. The van der Waals surface area contributed by atoms with Gasteiger partial charge in [-0.25, -0.2) is 0 Å². The fourth-order valence-corrected chi connectivity index (χ4v) is 2.58. The molecular weight excluding hydrogens is 312 g/mol. The summed E-state index contributed by atoms with van der Waals surface area (Å²) in [6.07, 6.45) is 5.16. The van der Waals surface area contributed by atoms with Gasteiger partial charge >= 0.3 is 0 Å². The molecule has 0 radical (unpaired) electrons. The molecule has 0 heterocycles. The molecule has 2 N–H and O–H groups in total. The molecule has 0 bridgehead atoms. The third kappa shape index (κ3) is 5.60. The minimum atomic E-state index is -0.127. The van der Waals surface area contributed by atoms with Crippen molar-refractivity contribution in [2.24, 2.45) is 0 Å². The molecule has 2 aromatic rings. The monoisotopic (exact) mass is 336 g/mol. The minimum absolute atomic E-state index is 0.0129. The van der Waals surface area contributed by atoms with Gasteiger partial charge in [0, 0.05) is 18.7 Å². The van der Waals surface area contributed by atoms with Crippen LogP contribution >= 0.6 is 0 Å². The Bertz CT molecular complexity index is 721. The molecule has 0 aliphatic carbocycles. The van der Waals surface area contributed by atoms with Crippen molar-refractivity contribution in [1.29, 1.82) is 0 Å². The van der Waals surface area contributed by atoms with Gasteiger partial charge in [-0.1, -0.05) is 55.8 Å².